The molecule has 2 aromatic carbocycles. The van der Waals surface area contributed by atoms with E-state index in [9.17, 15) is 4.79 Å². The molecule has 0 bridgehead atoms. The van der Waals surface area contributed by atoms with Gasteiger partial charge in [-0.05, 0) is 42.3 Å². The predicted molar refractivity (Wildman–Crippen MR) is 96.9 cm³/mol. The highest BCUT2D eigenvalue weighted by molar-refractivity contribution is 5.91. The lowest BCUT2D eigenvalue weighted by atomic mass is 9.82. The number of hydrogen-bond acceptors (Lipinski definition) is 3. The molecule has 4 nitrogen and oxygen atoms in total. The first-order chi connectivity index (χ1) is 12.0. The third kappa shape index (κ3) is 3.05. The van der Waals surface area contributed by atoms with E-state index in [-0.39, 0.29) is 11.2 Å². The van der Waals surface area contributed by atoms with Gasteiger partial charge < -0.3 is 9.52 Å². The first-order valence-electron chi connectivity index (χ1n) is 8.57. The molecular formula is C21H21NO3. The summed E-state index contributed by atoms with van der Waals surface area (Å²) < 4.78 is 5.33. The normalized spacial score (nSPS) is 21.0. The average molecular weight is 335 g/mol. The standard InChI is InChI=1S/C21H21NO3/c1-21(17-5-3-2-4-6-17)9-10-22(14-21)13-15-7-8-18-16(11-15)12-19(25-18)20(23)24/h2-8,11-12H,9-10,13-14H2,1H3,(H,23,24). The molecular weight excluding hydrogens is 314 g/mol. The summed E-state index contributed by atoms with van der Waals surface area (Å²) in [6, 6.07) is 18.2. The number of likely N-dealkylation sites (tertiary alicyclic amines) is 1. The van der Waals surface area contributed by atoms with Gasteiger partial charge >= 0.3 is 5.97 Å². The van der Waals surface area contributed by atoms with Crippen LogP contribution in [-0.4, -0.2) is 29.1 Å². The van der Waals surface area contributed by atoms with Crippen molar-refractivity contribution >= 4 is 16.9 Å². The fraction of sp³-hybridized carbons (Fsp3) is 0.286. The van der Waals surface area contributed by atoms with Crippen molar-refractivity contribution in [3.05, 3.63) is 71.5 Å². The lowest BCUT2D eigenvalue weighted by molar-refractivity contribution is 0.0665. The SMILES string of the molecule is CC1(c2ccccc2)CCN(Cc2ccc3oc(C(=O)O)cc3c2)C1. The molecule has 1 saturated heterocycles. The van der Waals surface area contributed by atoms with E-state index in [0.717, 1.165) is 31.4 Å². The van der Waals surface area contributed by atoms with Gasteiger partial charge in [0.15, 0.2) is 0 Å². The number of hydrogen-bond donors (Lipinski definition) is 1. The third-order valence-corrected chi connectivity index (χ3v) is 5.22. The van der Waals surface area contributed by atoms with E-state index in [0.29, 0.717) is 5.58 Å². The smallest absolute Gasteiger partial charge is 0.371 e. The molecule has 1 aromatic heterocycles. The minimum absolute atomic E-state index is 0.00928. The van der Waals surface area contributed by atoms with Crippen LogP contribution in [0.15, 0.2) is 59.0 Å². The van der Waals surface area contributed by atoms with Gasteiger partial charge in [-0.1, -0.05) is 43.3 Å². The Morgan fingerprint density at radius 2 is 2.00 bits per heavy atom. The number of nitrogens with zero attached hydrogens (tertiary/aromatic N) is 1. The molecule has 0 radical (unpaired) electrons. The molecule has 1 aliphatic heterocycles. The lowest BCUT2D eigenvalue weighted by Gasteiger charge is -2.25. The van der Waals surface area contributed by atoms with Crippen LogP contribution < -0.4 is 0 Å². The molecule has 4 rings (SSSR count). The fourth-order valence-corrected chi connectivity index (χ4v) is 3.82. The quantitative estimate of drug-likeness (QED) is 0.772. The van der Waals surface area contributed by atoms with Crippen LogP contribution in [0.4, 0.5) is 0 Å². The van der Waals surface area contributed by atoms with E-state index in [1.807, 2.05) is 18.2 Å². The van der Waals surface area contributed by atoms with Crippen molar-refractivity contribution in [2.45, 2.75) is 25.3 Å². The number of carbonyl (C=O) groups is 1. The predicted octanol–water partition coefficient (Wildman–Crippen LogP) is 4.29. The second-order valence-corrected chi connectivity index (χ2v) is 7.18. The summed E-state index contributed by atoms with van der Waals surface area (Å²) in [5.74, 6) is -1.04. The lowest BCUT2D eigenvalue weighted by Crippen LogP contribution is -2.27. The molecule has 1 aliphatic rings. The molecule has 128 valence electrons. The molecule has 2 heterocycles. The highest BCUT2D eigenvalue weighted by Gasteiger charge is 2.34. The van der Waals surface area contributed by atoms with E-state index in [1.165, 1.54) is 11.1 Å². The average Bonchev–Trinajstić information content (AvgIpc) is 3.20. The van der Waals surface area contributed by atoms with Gasteiger partial charge in [0, 0.05) is 23.9 Å². The first-order valence-corrected chi connectivity index (χ1v) is 8.57. The minimum atomic E-state index is -1.03. The highest BCUT2D eigenvalue weighted by atomic mass is 16.4. The van der Waals surface area contributed by atoms with Crippen molar-refractivity contribution in [2.75, 3.05) is 13.1 Å². The summed E-state index contributed by atoms with van der Waals surface area (Å²) in [5, 5.41) is 9.90. The van der Waals surface area contributed by atoms with Crippen LogP contribution in [-0.2, 0) is 12.0 Å². The maximum atomic E-state index is 11.0. The number of furan rings is 1. The number of aromatic carboxylic acids is 1. The zero-order valence-corrected chi connectivity index (χ0v) is 14.2. The molecule has 4 heteroatoms. The van der Waals surface area contributed by atoms with Crippen molar-refractivity contribution in [2.24, 2.45) is 0 Å². The van der Waals surface area contributed by atoms with Gasteiger partial charge in [0.25, 0.3) is 0 Å². The Morgan fingerprint density at radius 1 is 1.20 bits per heavy atom. The van der Waals surface area contributed by atoms with E-state index in [2.05, 4.69) is 42.2 Å². The molecule has 0 amide bonds. The molecule has 1 N–H and O–H groups in total. The first kappa shape index (κ1) is 15.9. The van der Waals surface area contributed by atoms with Gasteiger partial charge in [0.2, 0.25) is 5.76 Å². The van der Waals surface area contributed by atoms with Gasteiger partial charge in [-0.3, -0.25) is 4.90 Å². The van der Waals surface area contributed by atoms with Crippen LogP contribution >= 0.6 is 0 Å². The Kier molecular flexibility index (Phi) is 3.85. The molecule has 3 aromatic rings. The topological polar surface area (TPSA) is 53.7 Å². The number of rotatable bonds is 4. The summed E-state index contributed by atoms with van der Waals surface area (Å²) in [6.07, 6.45) is 1.15. The Bertz CT molecular complexity index is 915. The largest absolute Gasteiger partial charge is 0.475 e. The summed E-state index contributed by atoms with van der Waals surface area (Å²) >= 11 is 0. The van der Waals surface area contributed by atoms with Crippen LogP contribution in [0.2, 0.25) is 0 Å². The van der Waals surface area contributed by atoms with Crippen molar-refractivity contribution < 1.29 is 14.3 Å². The maximum Gasteiger partial charge on any atom is 0.371 e. The zero-order chi connectivity index (χ0) is 17.4. The van der Waals surface area contributed by atoms with Crippen LogP contribution in [0.25, 0.3) is 11.0 Å². The second-order valence-electron chi connectivity index (χ2n) is 7.18. The zero-order valence-electron chi connectivity index (χ0n) is 14.2. The molecule has 1 unspecified atom stereocenters. The monoisotopic (exact) mass is 335 g/mol. The molecule has 25 heavy (non-hydrogen) atoms. The van der Waals surface area contributed by atoms with Crippen LogP contribution in [0.1, 0.15) is 35.0 Å². The van der Waals surface area contributed by atoms with E-state index in [1.54, 1.807) is 6.07 Å². The van der Waals surface area contributed by atoms with Crippen molar-refractivity contribution in [3.8, 4) is 0 Å². The molecule has 1 atom stereocenters. The summed E-state index contributed by atoms with van der Waals surface area (Å²) in [7, 11) is 0. The number of carboxylic acids is 1. The van der Waals surface area contributed by atoms with Crippen molar-refractivity contribution in [1.29, 1.82) is 0 Å². The van der Waals surface area contributed by atoms with Gasteiger partial charge in [0.1, 0.15) is 5.58 Å². The van der Waals surface area contributed by atoms with Gasteiger partial charge in [-0.15, -0.1) is 0 Å². The third-order valence-electron chi connectivity index (χ3n) is 5.22. The van der Waals surface area contributed by atoms with Gasteiger partial charge in [-0.2, -0.15) is 0 Å². The minimum Gasteiger partial charge on any atom is -0.475 e. The van der Waals surface area contributed by atoms with E-state index >= 15 is 0 Å². The molecule has 1 fully saturated rings. The Hall–Kier alpha value is -2.59. The molecule has 0 spiro atoms. The number of fused-ring (bicyclic) bond motifs is 1. The maximum absolute atomic E-state index is 11.0. The summed E-state index contributed by atoms with van der Waals surface area (Å²) in [6.45, 7) is 5.29. The summed E-state index contributed by atoms with van der Waals surface area (Å²) in [5.41, 5.74) is 3.39. The van der Waals surface area contributed by atoms with Gasteiger partial charge in [0.05, 0.1) is 0 Å². The van der Waals surface area contributed by atoms with Crippen LogP contribution in [0.5, 0.6) is 0 Å². The number of carboxylic acid groups (broad SMARTS) is 1. The van der Waals surface area contributed by atoms with Crippen LogP contribution in [0.3, 0.4) is 0 Å². The molecule has 0 aliphatic carbocycles. The van der Waals surface area contributed by atoms with Crippen molar-refractivity contribution in [3.63, 3.8) is 0 Å². The molecule has 0 saturated carbocycles. The summed E-state index contributed by atoms with van der Waals surface area (Å²) in [4.78, 5) is 13.5. The highest BCUT2D eigenvalue weighted by Crippen LogP contribution is 2.34. The van der Waals surface area contributed by atoms with Crippen molar-refractivity contribution in [1.82, 2.24) is 4.90 Å². The second kappa shape index (κ2) is 6.05. The van der Waals surface area contributed by atoms with E-state index < -0.39 is 5.97 Å². The van der Waals surface area contributed by atoms with Gasteiger partial charge in [-0.25, -0.2) is 4.79 Å². The Balaban J connectivity index is 1.51. The van der Waals surface area contributed by atoms with Crippen LogP contribution in [0, 0.1) is 0 Å². The Labute approximate surface area is 146 Å². The number of benzene rings is 2. The fourth-order valence-electron chi connectivity index (χ4n) is 3.82. The van der Waals surface area contributed by atoms with E-state index in [4.69, 9.17) is 9.52 Å². The Morgan fingerprint density at radius 3 is 2.76 bits per heavy atom.